The highest BCUT2D eigenvalue weighted by Gasteiger charge is 2.00. The van der Waals surface area contributed by atoms with Crippen LogP contribution in [0.2, 0.25) is 0 Å². The fourth-order valence-corrected chi connectivity index (χ4v) is 1.67. The highest BCUT2D eigenvalue weighted by atomic mass is 16.5. The Balaban J connectivity index is 2.56. The predicted octanol–water partition coefficient (Wildman–Crippen LogP) is 2.93. The summed E-state index contributed by atoms with van der Waals surface area (Å²) in [7, 11) is 2.15. The van der Waals surface area contributed by atoms with Crippen LogP contribution < -0.4 is 4.74 Å². The van der Waals surface area contributed by atoms with Gasteiger partial charge < -0.3 is 9.64 Å². The van der Waals surface area contributed by atoms with Crippen molar-refractivity contribution in [3.63, 3.8) is 0 Å². The number of hydrogen-bond acceptors (Lipinski definition) is 2. The lowest BCUT2D eigenvalue weighted by Gasteiger charge is -2.15. The van der Waals surface area contributed by atoms with Crippen molar-refractivity contribution < 1.29 is 4.74 Å². The molecule has 0 aliphatic rings. The fourth-order valence-electron chi connectivity index (χ4n) is 1.67. The lowest BCUT2D eigenvalue weighted by molar-refractivity contribution is 0.322. The quantitative estimate of drug-likeness (QED) is 0.711. The Hall–Kier alpha value is -1.02. The average Bonchev–Trinajstić information content (AvgIpc) is 2.19. The molecule has 0 aromatic heterocycles. The molecule has 84 valence electrons. The van der Waals surface area contributed by atoms with Crippen LogP contribution in [0.4, 0.5) is 0 Å². The summed E-state index contributed by atoms with van der Waals surface area (Å²) in [4.78, 5) is 2.32. The van der Waals surface area contributed by atoms with E-state index < -0.39 is 0 Å². The lowest BCUT2D eigenvalue weighted by atomic mass is 10.2. The number of rotatable bonds is 6. The van der Waals surface area contributed by atoms with Crippen molar-refractivity contribution in [1.29, 1.82) is 0 Å². The van der Waals surface area contributed by atoms with Gasteiger partial charge in [0.1, 0.15) is 5.75 Å². The Kier molecular flexibility index (Phi) is 5.19. The van der Waals surface area contributed by atoms with Crippen molar-refractivity contribution in [2.24, 2.45) is 0 Å². The fraction of sp³-hybridized carbons (Fsp3) is 0.538. The molecule has 1 rings (SSSR count). The average molecular weight is 207 g/mol. The Morgan fingerprint density at radius 2 is 2.07 bits per heavy atom. The van der Waals surface area contributed by atoms with Crippen LogP contribution in [0.5, 0.6) is 5.75 Å². The van der Waals surface area contributed by atoms with Crippen LogP contribution in [0.3, 0.4) is 0 Å². The smallest absolute Gasteiger partial charge is 0.119 e. The van der Waals surface area contributed by atoms with E-state index in [2.05, 4.69) is 37.1 Å². The molecule has 1 aromatic rings. The van der Waals surface area contributed by atoms with Gasteiger partial charge in [-0.3, -0.25) is 0 Å². The summed E-state index contributed by atoms with van der Waals surface area (Å²) in [5.41, 5.74) is 1.32. The van der Waals surface area contributed by atoms with Crippen LogP contribution in [0.1, 0.15) is 25.8 Å². The second kappa shape index (κ2) is 6.46. The third-order valence-electron chi connectivity index (χ3n) is 2.27. The summed E-state index contributed by atoms with van der Waals surface area (Å²) in [6.45, 7) is 7.07. The van der Waals surface area contributed by atoms with Gasteiger partial charge in [0.2, 0.25) is 0 Å². The van der Waals surface area contributed by atoms with Crippen LogP contribution in [0, 0.1) is 0 Å². The summed E-state index contributed by atoms with van der Waals surface area (Å²) in [5, 5.41) is 0. The molecule has 0 aliphatic carbocycles. The largest absolute Gasteiger partial charge is 0.494 e. The first-order valence-electron chi connectivity index (χ1n) is 5.66. The van der Waals surface area contributed by atoms with Gasteiger partial charge in [-0.15, -0.1) is 0 Å². The van der Waals surface area contributed by atoms with Crippen LogP contribution in [-0.2, 0) is 6.54 Å². The zero-order valence-corrected chi connectivity index (χ0v) is 9.99. The molecule has 0 N–H and O–H groups in total. The van der Waals surface area contributed by atoms with Crippen LogP contribution in [-0.4, -0.2) is 25.1 Å². The molecule has 0 aliphatic heterocycles. The van der Waals surface area contributed by atoms with Gasteiger partial charge in [0.25, 0.3) is 0 Å². The molecule has 0 amide bonds. The standard InChI is InChI=1S/C13H21NO/c1-4-9-14(3)11-12-7-6-8-13(10-12)15-5-2/h6-8,10H,4-5,9,11H2,1-3H3. The maximum Gasteiger partial charge on any atom is 0.119 e. The highest BCUT2D eigenvalue weighted by Crippen LogP contribution is 2.14. The first-order valence-corrected chi connectivity index (χ1v) is 5.66. The van der Waals surface area contributed by atoms with Gasteiger partial charge in [-0.1, -0.05) is 19.1 Å². The van der Waals surface area contributed by atoms with E-state index in [4.69, 9.17) is 4.74 Å². The molecule has 15 heavy (non-hydrogen) atoms. The Morgan fingerprint density at radius 1 is 1.27 bits per heavy atom. The number of hydrogen-bond donors (Lipinski definition) is 0. The minimum absolute atomic E-state index is 0.730. The van der Waals surface area contributed by atoms with Gasteiger partial charge in [0.15, 0.2) is 0 Å². The molecule has 0 heterocycles. The first kappa shape index (κ1) is 12.1. The number of benzene rings is 1. The van der Waals surface area contributed by atoms with Crippen molar-refractivity contribution in [1.82, 2.24) is 4.90 Å². The topological polar surface area (TPSA) is 12.5 Å². The van der Waals surface area contributed by atoms with E-state index in [1.165, 1.54) is 12.0 Å². The number of ether oxygens (including phenoxy) is 1. The molecule has 0 bridgehead atoms. The van der Waals surface area contributed by atoms with Crippen molar-refractivity contribution in [3.8, 4) is 5.75 Å². The summed E-state index contributed by atoms with van der Waals surface area (Å²) < 4.78 is 5.47. The maximum absolute atomic E-state index is 5.47. The minimum atomic E-state index is 0.730. The van der Waals surface area contributed by atoms with Crippen molar-refractivity contribution in [3.05, 3.63) is 29.8 Å². The van der Waals surface area contributed by atoms with Gasteiger partial charge in [0, 0.05) is 6.54 Å². The van der Waals surface area contributed by atoms with Gasteiger partial charge in [-0.05, 0) is 44.6 Å². The van der Waals surface area contributed by atoms with Crippen LogP contribution in [0.15, 0.2) is 24.3 Å². The zero-order valence-electron chi connectivity index (χ0n) is 9.99. The molecule has 2 heteroatoms. The van der Waals surface area contributed by atoms with E-state index in [9.17, 15) is 0 Å². The van der Waals surface area contributed by atoms with E-state index in [1.807, 2.05) is 13.0 Å². The first-order chi connectivity index (χ1) is 7.26. The van der Waals surface area contributed by atoms with E-state index in [0.717, 1.165) is 25.4 Å². The molecular weight excluding hydrogens is 186 g/mol. The van der Waals surface area contributed by atoms with E-state index in [-0.39, 0.29) is 0 Å². The highest BCUT2D eigenvalue weighted by molar-refractivity contribution is 5.28. The molecule has 0 spiro atoms. The molecule has 0 unspecified atom stereocenters. The van der Waals surface area contributed by atoms with Crippen molar-refractivity contribution in [2.45, 2.75) is 26.8 Å². The second-order valence-corrected chi connectivity index (χ2v) is 3.82. The Labute approximate surface area is 92.9 Å². The summed E-state index contributed by atoms with van der Waals surface area (Å²) in [6.07, 6.45) is 1.20. The molecule has 0 atom stereocenters. The van der Waals surface area contributed by atoms with Crippen molar-refractivity contribution in [2.75, 3.05) is 20.2 Å². The molecule has 0 fully saturated rings. The second-order valence-electron chi connectivity index (χ2n) is 3.82. The van der Waals surface area contributed by atoms with Crippen LogP contribution in [0.25, 0.3) is 0 Å². The molecule has 0 radical (unpaired) electrons. The third kappa shape index (κ3) is 4.34. The molecular formula is C13H21NO. The lowest BCUT2D eigenvalue weighted by Crippen LogP contribution is -2.18. The van der Waals surface area contributed by atoms with E-state index in [0.29, 0.717) is 0 Å². The van der Waals surface area contributed by atoms with Crippen molar-refractivity contribution >= 4 is 0 Å². The molecule has 1 aromatic carbocycles. The summed E-state index contributed by atoms with van der Waals surface area (Å²) >= 11 is 0. The third-order valence-corrected chi connectivity index (χ3v) is 2.27. The Bertz CT molecular complexity index is 286. The molecule has 0 saturated carbocycles. The monoisotopic (exact) mass is 207 g/mol. The van der Waals surface area contributed by atoms with Gasteiger partial charge in [-0.2, -0.15) is 0 Å². The van der Waals surface area contributed by atoms with Crippen LogP contribution >= 0.6 is 0 Å². The Morgan fingerprint density at radius 3 is 2.73 bits per heavy atom. The molecule has 2 nitrogen and oxygen atoms in total. The minimum Gasteiger partial charge on any atom is -0.494 e. The van der Waals surface area contributed by atoms with E-state index >= 15 is 0 Å². The zero-order chi connectivity index (χ0) is 11.1. The van der Waals surface area contributed by atoms with E-state index in [1.54, 1.807) is 0 Å². The van der Waals surface area contributed by atoms with Gasteiger partial charge in [-0.25, -0.2) is 0 Å². The normalized spacial score (nSPS) is 10.7. The van der Waals surface area contributed by atoms with Gasteiger partial charge >= 0.3 is 0 Å². The molecule has 0 saturated heterocycles. The van der Waals surface area contributed by atoms with Gasteiger partial charge in [0.05, 0.1) is 6.61 Å². The summed E-state index contributed by atoms with van der Waals surface area (Å²) in [6, 6.07) is 8.33. The maximum atomic E-state index is 5.47. The SMILES string of the molecule is CCCN(C)Cc1cccc(OCC)c1. The summed E-state index contributed by atoms with van der Waals surface area (Å²) in [5.74, 6) is 0.972. The number of nitrogens with zero attached hydrogens (tertiary/aromatic N) is 1. The predicted molar refractivity (Wildman–Crippen MR) is 64.2 cm³/mol.